The van der Waals surface area contributed by atoms with Gasteiger partial charge in [0, 0.05) is 12.8 Å². The fraction of sp³-hybridized carbons (Fsp3) is 0.522. The quantitative estimate of drug-likeness (QED) is 0.0253. The van der Waals surface area contributed by atoms with Crippen LogP contribution in [0, 0.1) is 11.8 Å². The fourth-order valence-electron chi connectivity index (χ4n) is 10.0. The van der Waals surface area contributed by atoms with Crippen LogP contribution in [-0.4, -0.2) is 241 Å². The molecule has 0 saturated carbocycles. The van der Waals surface area contributed by atoms with E-state index in [1.807, 2.05) is 0 Å². The van der Waals surface area contributed by atoms with Gasteiger partial charge in [-0.25, -0.2) is 4.79 Å². The predicted octanol–water partition coefficient (Wildman–Crippen LogP) is -4.78. The van der Waals surface area contributed by atoms with E-state index in [0.29, 0.717) is 16.9 Å². The van der Waals surface area contributed by atoms with Crippen molar-refractivity contribution in [3.05, 3.63) is 95.6 Å². The standard InChI is InChI=1S/C69H100N14O22S/c1-10-34(3)54(66(101)74-38(7)59(94)75-46(69(104)105)25-26-106-9)83-65(100)51(33-85)79-61(96)47(29-42-19-23-44(88)24-20-42)76-62(97)49(30-53(90)91)77-64(99)50(32-84)80-67(102)55(35(4)11-2)82-63(98)48(28-40-15-13-12-14-16-40)78-68(103)56(39(8)86)81-52(89)31-71-57(92)36(5)72-58(93)37(6)73-60(95)45(70)27-41-17-21-43(87)22-18-41/h12-24,34-39,45-51,54-56,84-88H,10-11,25-33,70H2,1-9H3,(H,71,92)(H,72,93)(H,73,95)(H,74,101)(H,75,94)(H,76,97)(H,77,99)(H,78,103)(H,79,96)(H,80,102)(H,81,89)(H,82,98)(H,83,100)(H,90,91)(H,104,105)/t34-,35-,36-,37-,38-,39+,45-,46-,47-,48-,49-,50-,51-,54-,55-,56-/m0/s1. The maximum atomic E-state index is 14.4. The molecule has 0 saturated heterocycles. The summed E-state index contributed by atoms with van der Waals surface area (Å²) in [6, 6.07) is -1.05. The van der Waals surface area contributed by atoms with E-state index in [1.54, 1.807) is 69.5 Å². The first-order valence-electron chi connectivity index (χ1n) is 34.1. The number of nitrogens with two attached hydrogens (primary N) is 1. The molecule has 0 unspecified atom stereocenters. The van der Waals surface area contributed by atoms with Crippen LogP contribution in [-0.2, 0) is 91.2 Å². The Hall–Kier alpha value is -10.5. The van der Waals surface area contributed by atoms with E-state index >= 15 is 0 Å². The van der Waals surface area contributed by atoms with E-state index in [9.17, 15) is 108 Å². The minimum atomic E-state index is -2.11. The molecule has 37 heteroatoms. The molecule has 22 N–H and O–H groups in total. The van der Waals surface area contributed by atoms with E-state index in [4.69, 9.17) is 5.73 Å². The lowest BCUT2D eigenvalue weighted by atomic mass is 9.96. The first-order valence-corrected chi connectivity index (χ1v) is 35.5. The largest absolute Gasteiger partial charge is 0.508 e. The van der Waals surface area contributed by atoms with Crippen molar-refractivity contribution in [1.82, 2.24) is 69.1 Å². The first kappa shape index (κ1) is 89.7. The van der Waals surface area contributed by atoms with Crippen molar-refractivity contribution in [3.8, 4) is 11.5 Å². The Morgan fingerprint density at radius 1 is 0.415 bits per heavy atom. The highest BCUT2D eigenvalue weighted by atomic mass is 32.2. The summed E-state index contributed by atoms with van der Waals surface area (Å²) in [7, 11) is 0. The van der Waals surface area contributed by atoms with Crippen LogP contribution in [0.2, 0.25) is 0 Å². The number of carboxylic acids is 2. The SMILES string of the molecule is CC[C@H](C)[C@H](NC(=O)[C@H](CO)NC(=O)[C@H](Cc1ccc(O)cc1)NC(=O)[C@H](CC(=O)O)NC(=O)[C@H](CO)NC(=O)[C@@H](NC(=O)[C@H](Cc1ccccc1)NC(=O)[C@@H](NC(=O)CNC(=O)[C@H](C)NC(=O)[C@H](C)NC(=O)[C@@H](N)Cc1ccc(O)cc1)[C@@H](C)O)[C@@H](C)CC)C(=O)N[C@@H](C)C(=O)N[C@@H](CCSC)C(=O)O. The lowest BCUT2D eigenvalue weighted by molar-refractivity contribution is -0.142. The van der Waals surface area contributed by atoms with Crippen LogP contribution < -0.4 is 74.9 Å². The summed E-state index contributed by atoms with van der Waals surface area (Å²) in [6.07, 6.45) is -1.25. The number of aromatic hydroxyl groups is 2. The van der Waals surface area contributed by atoms with Crippen LogP contribution in [0.1, 0.15) is 97.8 Å². The number of aliphatic hydroxyl groups excluding tert-OH is 3. The van der Waals surface area contributed by atoms with Gasteiger partial charge in [-0.15, -0.1) is 0 Å². The molecule has 36 nitrogen and oxygen atoms in total. The summed E-state index contributed by atoms with van der Waals surface area (Å²) in [5.41, 5.74) is 7.36. The molecule has 13 amide bonds. The maximum Gasteiger partial charge on any atom is 0.326 e. The number of carbonyl (C=O) groups excluding carboxylic acids is 13. The number of carboxylic acid groups (broad SMARTS) is 2. The third-order valence-electron chi connectivity index (χ3n) is 16.9. The van der Waals surface area contributed by atoms with Gasteiger partial charge < -0.3 is 111 Å². The minimum absolute atomic E-state index is 0.0131. The fourth-order valence-corrected chi connectivity index (χ4v) is 10.5. The Balaban J connectivity index is 1.80. The van der Waals surface area contributed by atoms with Gasteiger partial charge in [0.05, 0.1) is 38.3 Å². The Labute approximate surface area is 616 Å². The van der Waals surface area contributed by atoms with Gasteiger partial charge in [-0.2, -0.15) is 11.8 Å². The molecule has 16 atom stereocenters. The van der Waals surface area contributed by atoms with E-state index < -0.39 is 218 Å². The topological polar surface area (TPSA) is 580 Å². The zero-order valence-corrected chi connectivity index (χ0v) is 61.1. The summed E-state index contributed by atoms with van der Waals surface area (Å²) < 4.78 is 0. The monoisotopic (exact) mass is 1510 g/mol. The smallest absolute Gasteiger partial charge is 0.326 e. The van der Waals surface area contributed by atoms with Crippen molar-refractivity contribution in [2.45, 2.75) is 185 Å². The molecule has 0 bridgehead atoms. The number of amides is 13. The molecular formula is C69H100N14O22S. The number of hydrogen-bond acceptors (Lipinski definition) is 22. The van der Waals surface area contributed by atoms with Crippen LogP contribution in [0.3, 0.4) is 0 Å². The van der Waals surface area contributed by atoms with Gasteiger partial charge in [0.1, 0.15) is 84.0 Å². The summed E-state index contributed by atoms with van der Waals surface area (Å²) in [5.74, 6) is -17.7. The van der Waals surface area contributed by atoms with Gasteiger partial charge in [0.2, 0.25) is 76.8 Å². The molecule has 0 heterocycles. The molecule has 0 spiro atoms. The Morgan fingerprint density at radius 3 is 1.25 bits per heavy atom. The van der Waals surface area contributed by atoms with Crippen LogP contribution in [0.15, 0.2) is 78.9 Å². The van der Waals surface area contributed by atoms with Crippen LogP contribution >= 0.6 is 11.8 Å². The summed E-state index contributed by atoms with van der Waals surface area (Å²) >= 11 is 1.35. The Kier molecular flexibility index (Phi) is 38.1. The second kappa shape index (κ2) is 45.0. The lowest BCUT2D eigenvalue weighted by Crippen LogP contribution is -2.62. The second-order valence-corrected chi connectivity index (χ2v) is 26.4. The molecule has 106 heavy (non-hydrogen) atoms. The zero-order chi connectivity index (χ0) is 79.7. The molecule has 0 aliphatic carbocycles. The van der Waals surface area contributed by atoms with Gasteiger partial charge >= 0.3 is 11.9 Å². The van der Waals surface area contributed by atoms with Crippen LogP contribution in [0.4, 0.5) is 0 Å². The molecule has 584 valence electrons. The normalized spacial score (nSPS) is 15.6. The van der Waals surface area contributed by atoms with Gasteiger partial charge in [-0.3, -0.25) is 67.1 Å². The van der Waals surface area contributed by atoms with Crippen LogP contribution in [0.25, 0.3) is 0 Å². The number of aliphatic carboxylic acids is 2. The number of aliphatic hydroxyl groups is 3. The van der Waals surface area contributed by atoms with E-state index in [1.165, 1.54) is 75.9 Å². The molecule has 3 aromatic rings. The van der Waals surface area contributed by atoms with Crippen molar-refractivity contribution < 1.29 is 108 Å². The molecule has 3 rings (SSSR count). The molecule has 0 fully saturated rings. The van der Waals surface area contributed by atoms with E-state index in [0.717, 1.165) is 6.92 Å². The number of hydrogen-bond donors (Lipinski definition) is 21. The molecule has 0 aliphatic rings. The van der Waals surface area contributed by atoms with Gasteiger partial charge in [0.15, 0.2) is 0 Å². The summed E-state index contributed by atoms with van der Waals surface area (Å²) in [5, 5.41) is 102. The third-order valence-corrected chi connectivity index (χ3v) is 17.5. The van der Waals surface area contributed by atoms with Crippen molar-refractivity contribution in [2.75, 3.05) is 31.8 Å². The third kappa shape index (κ3) is 30.3. The molecule has 0 aromatic heterocycles. The minimum Gasteiger partial charge on any atom is -0.508 e. The number of thioether (sulfide) groups is 1. The number of carbonyl (C=O) groups is 15. The Bertz CT molecular complexity index is 3500. The number of phenolic OH excluding ortho intramolecular Hbond substituents is 2. The average molecular weight is 1510 g/mol. The summed E-state index contributed by atoms with van der Waals surface area (Å²) in [4.78, 5) is 202. The van der Waals surface area contributed by atoms with Gasteiger partial charge in [-0.1, -0.05) is 95.1 Å². The highest BCUT2D eigenvalue weighted by molar-refractivity contribution is 7.98. The Morgan fingerprint density at radius 2 is 0.783 bits per heavy atom. The second-order valence-electron chi connectivity index (χ2n) is 25.4. The maximum absolute atomic E-state index is 14.4. The lowest BCUT2D eigenvalue weighted by Gasteiger charge is -2.29. The highest BCUT2D eigenvalue weighted by Crippen LogP contribution is 2.16. The predicted molar refractivity (Wildman–Crippen MR) is 383 cm³/mol. The summed E-state index contributed by atoms with van der Waals surface area (Å²) in [6.45, 7) is 8.31. The van der Waals surface area contributed by atoms with E-state index in [2.05, 4.69) is 69.1 Å². The van der Waals surface area contributed by atoms with Crippen molar-refractivity contribution in [2.24, 2.45) is 17.6 Å². The van der Waals surface area contributed by atoms with Crippen molar-refractivity contribution in [1.29, 1.82) is 0 Å². The van der Waals surface area contributed by atoms with Gasteiger partial charge in [-0.05, 0) is 105 Å². The molecular weight excluding hydrogens is 1410 g/mol. The first-order chi connectivity index (χ1) is 50.0. The average Bonchev–Trinajstić information content (AvgIpc) is 0.853. The number of nitrogens with one attached hydrogen (secondary N) is 13. The molecule has 0 radical (unpaired) electrons. The van der Waals surface area contributed by atoms with E-state index in [-0.39, 0.29) is 49.2 Å². The highest BCUT2D eigenvalue weighted by Gasteiger charge is 2.39. The molecule has 3 aromatic carbocycles. The number of phenols is 2. The van der Waals surface area contributed by atoms with Crippen molar-refractivity contribution >= 4 is 100 Å². The number of rotatable bonds is 45. The number of benzene rings is 3. The molecule has 0 aliphatic heterocycles. The van der Waals surface area contributed by atoms with Crippen molar-refractivity contribution in [3.63, 3.8) is 0 Å². The van der Waals surface area contributed by atoms with Crippen LogP contribution in [0.5, 0.6) is 11.5 Å². The zero-order valence-electron chi connectivity index (χ0n) is 60.3. The van der Waals surface area contributed by atoms with Gasteiger partial charge in [0.25, 0.3) is 0 Å².